The number of pyridine rings is 1. The number of aliphatic hydroxyl groups is 2. The minimum Gasteiger partial charge on any atom is -0.386 e. The van der Waals surface area contributed by atoms with Crippen LogP contribution < -0.4 is 0 Å². The van der Waals surface area contributed by atoms with Crippen molar-refractivity contribution in [3.05, 3.63) is 82.2 Å². The van der Waals surface area contributed by atoms with E-state index in [-0.39, 0.29) is 24.4 Å². The van der Waals surface area contributed by atoms with Gasteiger partial charge in [-0.1, -0.05) is 23.7 Å². The van der Waals surface area contributed by atoms with Crippen molar-refractivity contribution in [2.24, 2.45) is 0 Å². The van der Waals surface area contributed by atoms with Crippen LogP contribution in [0.3, 0.4) is 0 Å². The Morgan fingerprint density at radius 1 is 1.05 bits per heavy atom. The fourth-order valence-corrected chi connectivity index (χ4v) is 7.58. The quantitative estimate of drug-likeness (QED) is 0.452. The Balaban J connectivity index is 1.21. The highest BCUT2D eigenvalue weighted by Gasteiger charge is 2.54. The molecule has 1 unspecified atom stereocenters. The number of carbonyl (C=O) groups is 2. The summed E-state index contributed by atoms with van der Waals surface area (Å²) >= 11 is 6.43. The highest BCUT2D eigenvalue weighted by Crippen LogP contribution is 2.41. The number of β-amino-alcohol motifs (C(OH)–C–C–N with tert-alkyl or cyclic N) is 1. The molecule has 2 aliphatic carbocycles. The van der Waals surface area contributed by atoms with E-state index in [2.05, 4.69) is 22.0 Å². The first kappa shape index (κ1) is 29.4. The zero-order valence-electron chi connectivity index (χ0n) is 25.0. The van der Waals surface area contributed by atoms with E-state index in [1.807, 2.05) is 42.1 Å². The molecule has 1 aromatic carbocycles. The molecule has 10 nitrogen and oxygen atoms in total. The minimum absolute atomic E-state index is 0.168. The smallest absolute Gasteiger partial charge is 0.255 e. The number of piperidine rings is 1. The maximum Gasteiger partial charge on any atom is 0.255 e. The van der Waals surface area contributed by atoms with Crippen molar-refractivity contribution in [3.63, 3.8) is 0 Å². The Morgan fingerprint density at radius 3 is 2.64 bits per heavy atom. The van der Waals surface area contributed by atoms with E-state index in [9.17, 15) is 19.8 Å². The molecule has 0 radical (unpaired) electrons. The van der Waals surface area contributed by atoms with Gasteiger partial charge in [0.1, 0.15) is 17.2 Å². The second-order valence-electron chi connectivity index (χ2n) is 13.1. The second kappa shape index (κ2) is 11.2. The Kier molecular flexibility index (Phi) is 7.51. The number of nitrogens with zero attached hydrogens (tertiary/aromatic N) is 6. The molecule has 44 heavy (non-hydrogen) atoms. The highest BCUT2D eigenvalue weighted by molar-refractivity contribution is 6.30. The summed E-state index contributed by atoms with van der Waals surface area (Å²) in [4.78, 5) is 42.8. The van der Waals surface area contributed by atoms with Crippen molar-refractivity contribution in [2.75, 3.05) is 32.7 Å². The lowest BCUT2D eigenvalue weighted by Crippen LogP contribution is -2.65. The van der Waals surface area contributed by atoms with E-state index in [0.717, 1.165) is 40.9 Å². The molecular weight excluding hydrogens is 580 g/mol. The van der Waals surface area contributed by atoms with Gasteiger partial charge < -0.3 is 24.6 Å². The average Bonchev–Trinajstić information content (AvgIpc) is 3.68. The Morgan fingerprint density at radius 2 is 1.86 bits per heavy atom. The van der Waals surface area contributed by atoms with Crippen LogP contribution in [-0.4, -0.2) is 101 Å². The summed E-state index contributed by atoms with van der Waals surface area (Å²) in [7, 11) is 0. The van der Waals surface area contributed by atoms with E-state index in [1.165, 1.54) is 0 Å². The maximum absolute atomic E-state index is 14.5. The van der Waals surface area contributed by atoms with Crippen LogP contribution in [0.5, 0.6) is 0 Å². The van der Waals surface area contributed by atoms with E-state index in [4.69, 9.17) is 16.6 Å². The Bertz CT molecular complexity index is 1590. The van der Waals surface area contributed by atoms with Gasteiger partial charge in [-0.05, 0) is 80.3 Å². The molecule has 2 N–H and O–H groups in total. The highest BCUT2D eigenvalue weighted by atomic mass is 35.5. The number of aromatic nitrogens is 3. The van der Waals surface area contributed by atoms with Gasteiger partial charge in [-0.3, -0.25) is 19.5 Å². The van der Waals surface area contributed by atoms with Crippen LogP contribution in [0.15, 0.2) is 49.1 Å². The second-order valence-corrected chi connectivity index (χ2v) is 13.5. The van der Waals surface area contributed by atoms with Crippen molar-refractivity contribution in [2.45, 2.75) is 75.3 Å². The number of rotatable bonds is 5. The Hall–Kier alpha value is -3.31. The van der Waals surface area contributed by atoms with Gasteiger partial charge in [-0.2, -0.15) is 0 Å². The summed E-state index contributed by atoms with van der Waals surface area (Å²) in [6.45, 7) is 4.03. The van der Waals surface area contributed by atoms with E-state index < -0.39 is 17.2 Å². The van der Waals surface area contributed by atoms with Crippen LogP contribution in [0, 0.1) is 6.92 Å². The van der Waals surface area contributed by atoms with Gasteiger partial charge >= 0.3 is 0 Å². The molecule has 3 aromatic rings. The number of imidazole rings is 1. The van der Waals surface area contributed by atoms with Crippen LogP contribution in [0.2, 0.25) is 5.02 Å². The molecule has 3 atom stereocenters. The number of hydrogen-bond acceptors (Lipinski definition) is 7. The van der Waals surface area contributed by atoms with Gasteiger partial charge in [-0.15, -0.1) is 0 Å². The fourth-order valence-electron chi connectivity index (χ4n) is 7.38. The summed E-state index contributed by atoms with van der Waals surface area (Å²) in [5.74, 6) is -0.568. The lowest BCUT2D eigenvalue weighted by Gasteiger charge is -2.47. The summed E-state index contributed by atoms with van der Waals surface area (Å²) < 4.78 is 1.87. The molecule has 11 heteroatoms. The third-order valence-corrected chi connectivity index (χ3v) is 10.0. The predicted octanol–water partition coefficient (Wildman–Crippen LogP) is 2.52. The average molecular weight is 619 g/mol. The van der Waals surface area contributed by atoms with Crippen molar-refractivity contribution in [3.8, 4) is 0 Å². The van der Waals surface area contributed by atoms with E-state index >= 15 is 0 Å². The molecule has 232 valence electrons. The fraction of sp³-hybridized carbons (Fsp3) is 0.515. The molecule has 2 amide bonds. The molecule has 4 heterocycles. The molecule has 7 rings (SSSR count). The van der Waals surface area contributed by atoms with Gasteiger partial charge in [0, 0.05) is 43.6 Å². The van der Waals surface area contributed by atoms with Crippen LogP contribution in [0.25, 0.3) is 0 Å². The first-order valence-electron chi connectivity index (χ1n) is 15.6. The molecule has 0 spiro atoms. The minimum atomic E-state index is -1.39. The number of hydrogen-bond donors (Lipinski definition) is 2. The van der Waals surface area contributed by atoms with Gasteiger partial charge in [0.15, 0.2) is 0 Å². The summed E-state index contributed by atoms with van der Waals surface area (Å²) in [5.41, 5.74) is 2.76. The first-order chi connectivity index (χ1) is 21.1. The topological polar surface area (TPSA) is 115 Å². The van der Waals surface area contributed by atoms with Gasteiger partial charge in [0.25, 0.3) is 5.91 Å². The van der Waals surface area contributed by atoms with E-state index in [0.29, 0.717) is 63.4 Å². The zero-order chi connectivity index (χ0) is 30.6. The maximum atomic E-state index is 14.5. The standard InChI is InChI=1S/C33H39ClN6O4/c1-22-17-37(21-36-22)19-32(43)9-3-13-39(20-32)30(41)27-18-38(14-15-40(27)31(42)33(44)10-11-33)29-26-8-7-25(34)16-24(26)6-5-23-4-2-12-35-28(23)29/h2,4,7-8,12,16-17,21,27,29,43-44H,3,5-6,9-11,13-15,18-20H2,1H3/t27-,29-,32?/m1/s1. The molecular formula is C33H39ClN6O4. The van der Waals surface area contributed by atoms with Crippen molar-refractivity contribution in [1.29, 1.82) is 0 Å². The summed E-state index contributed by atoms with van der Waals surface area (Å²) in [6.07, 6.45) is 9.12. The molecule has 3 fully saturated rings. The normalized spacial score (nSPS) is 26.5. The number of carbonyl (C=O) groups excluding carboxylic acids is 2. The van der Waals surface area contributed by atoms with Crippen LogP contribution in [-0.2, 0) is 29.0 Å². The molecule has 2 aromatic heterocycles. The van der Waals surface area contributed by atoms with Crippen molar-refractivity contribution >= 4 is 23.4 Å². The van der Waals surface area contributed by atoms with Crippen molar-refractivity contribution < 1.29 is 19.8 Å². The number of benzene rings is 1. The lowest BCUT2D eigenvalue weighted by molar-refractivity contribution is -0.159. The molecule has 4 aliphatic rings. The van der Waals surface area contributed by atoms with Crippen LogP contribution >= 0.6 is 11.6 Å². The zero-order valence-corrected chi connectivity index (χ0v) is 25.8. The number of piperazine rings is 1. The molecule has 2 aliphatic heterocycles. The number of amides is 2. The number of aryl methyl sites for hydroxylation is 3. The van der Waals surface area contributed by atoms with Gasteiger partial charge in [0.2, 0.25) is 5.91 Å². The van der Waals surface area contributed by atoms with Gasteiger partial charge in [0.05, 0.1) is 36.8 Å². The number of halogens is 1. The first-order valence-corrected chi connectivity index (χ1v) is 16.0. The SMILES string of the molecule is Cc1cn(CC2(O)CCCN(C(=O)[C@H]3CN([C@@H]4c5ccc(Cl)cc5CCc5cccnc54)CCN3C(=O)C3(O)CC3)C2)cn1. The summed E-state index contributed by atoms with van der Waals surface area (Å²) in [6, 6.07) is 9.06. The van der Waals surface area contributed by atoms with Gasteiger partial charge in [-0.25, -0.2) is 4.98 Å². The van der Waals surface area contributed by atoms with Crippen LogP contribution in [0.4, 0.5) is 0 Å². The predicted molar refractivity (Wildman–Crippen MR) is 164 cm³/mol. The third kappa shape index (κ3) is 5.53. The van der Waals surface area contributed by atoms with Crippen molar-refractivity contribution in [1.82, 2.24) is 29.2 Å². The van der Waals surface area contributed by atoms with Crippen LogP contribution in [0.1, 0.15) is 59.8 Å². The van der Waals surface area contributed by atoms with E-state index in [1.54, 1.807) is 16.1 Å². The number of fused-ring (bicyclic) bond motifs is 2. The molecule has 1 saturated carbocycles. The Labute approximate surface area is 262 Å². The number of likely N-dealkylation sites (tertiary alicyclic amines) is 1. The third-order valence-electron chi connectivity index (χ3n) is 9.80. The largest absolute Gasteiger partial charge is 0.386 e. The monoisotopic (exact) mass is 618 g/mol. The summed E-state index contributed by atoms with van der Waals surface area (Å²) in [5, 5.41) is 23.1. The lowest BCUT2D eigenvalue weighted by atomic mass is 9.91. The molecule has 0 bridgehead atoms. The molecule has 2 saturated heterocycles.